The molecule has 2 aliphatic heterocycles. The van der Waals surface area contributed by atoms with Gasteiger partial charge in [0.1, 0.15) is 19.0 Å². The number of hydrogen-bond donors (Lipinski definition) is 4. The molecule has 0 spiro atoms. The maximum Gasteiger partial charge on any atom is 0.318 e. The molecule has 4 amide bonds. The second-order valence-electron chi connectivity index (χ2n) is 16.2. The van der Waals surface area contributed by atoms with E-state index in [4.69, 9.17) is 44.1 Å². The van der Waals surface area contributed by atoms with E-state index < -0.39 is 0 Å². The van der Waals surface area contributed by atoms with Gasteiger partial charge in [0, 0.05) is 48.7 Å². The molecule has 0 radical (unpaired) electrons. The number of nitrogens with two attached hydrogens (primary N) is 2. The molecule has 13 nitrogen and oxygen atoms in total. The van der Waals surface area contributed by atoms with Crippen LogP contribution in [0.4, 0.5) is 9.59 Å². The SMILES string of the molecule is CCc1ccc(CC(=O)OC[C@@H]2C[C@@H](CC(=O)CN)CN2C(=O)NCc2ccccc2Cl)cc1.CCc1ccc(CC(=O)OC[C@@H]2C[C@@H](N)CN2C(=O)NCc2ccccc2Cl)cc1. The van der Waals surface area contributed by atoms with E-state index in [9.17, 15) is 24.0 Å². The number of halogens is 2. The number of aryl methyl sites for hydroxylation is 2. The molecule has 15 heteroatoms. The number of amides is 4. The second kappa shape index (κ2) is 25.1. The van der Waals surface area contributed by atoms with Gasteiger partial charge in [-0.2, -0.15) is 0 Å². The van der Waals surface area contributed by atoms with Gasteiger partial charge < -0.3 is 41.4 Å². The largest absolute Gasteiger partial charge is 0.463 e. The molecule has 2 fully saturated rings. The fourth-order valence-electron chi connectivity index (χ4n) is 7.76. The van der Waals surface area contributed by atoms with Crippen LogP contribution in [0.1, 0.15) is 66.5 Å². The highest BCUT2D eigenvalue weighted by Crippen LogP contribution is 2.27. The molecular weight excluding hydrogens is 855 g/mol. The number of benzene rings is 4. The lowest BCUT2D eigenvalue weighted by atomic mass is 9.99. The molecule has 4 aromatic rings. The summed E-state index contributed by atoms with van der Waals surface area (Å²) in [7, 11) is 0. The number of Topliss-reactive ketones (excluding diaryl/α,β-unsaturated/α-hetero) is 1. The lowest BCUT2D eigenvalue weighted by Crippen LogP contribution is -2.45. The molecule has 0 unspecified atom stereocenters. The molecule has 2 saturated heterocycles. The van der Waals surface area contributed by atoms with Gasteiger partial charge in [-0.15, -0.1) is 0 Å². The minimum Gasteiger partial charge on any atom is -0.463 e. The van der Waals surface area contributed by atoms with E-state index in [0.29, 0.717) is 48.9 Å². The average molecular weight is 916 g/mol. The van der Waals surface area contributed by atoms with Crippen molar-refractivity contribution in [3.8, 4) is 0 Å². The fourth-order valence-corrected chi connectivity index (χ4v) is 8.17. The molecule has 0 aliphatic carbocycles. The minimum absolute atomic E-state index is 0.0209. The molecule has 4 atom stereocenters. The summed E-state index contributed by atoms with van der Waals surface area (Å²) >= 11 is 12.3. The third-order valence-corrected chi connectivity index (χ3v) is 12.2. The number of nitrogens with zero attached hydrogens (tertiary/aromatic N) is 2. The van der Waals surface area contributed by atoms with E-state index in [2.05, 4.69) is 24.5 Å². The van der Waals surface area contributed by atoms with Crippen LogP contribution < -0.4 is 22.1 Å². The van der Waals surface area contributed by atoms with Crippen LogP contribution in [0.5, 0.6) is 0 Å². The third kappa shape index (κ3) is 15.4. The van der Waals surface area contributed by atoms with Crippen LogP contribution in [0.25, 0.3) is 0 Å². The fraction of sp³-hybridized carbons (Fsp3) is 0.408. The predicted octanol–water partition coefficient (Wildman–Crippen LogP) is 6.81. The maximum atomic E-state index is 13.0. The number of hydrogen-bond acceptors (Lipinski definition) is 9. The summed E-state index contributed by atoms with van der Waals surface area (Å²) in [5, 5.41) is 6.95. The van der Waals surface area contributed by atoms with Crippen molar-refractivity contribution in [3.05, 3.63) is 140 Å². The lowest BCUT2D eigenvalue weighted by molar-refractivity contribution is -0.145. The highest BCUT2D eigenvalue weighted by Gasteiger charge is 2.37. The maximum absolute atomic E-state index is 13.0. The molecule has 2 aliphatic rings. The van der Waals surface area contributed by atoms with E-state index in [1.54, 1.807) is 21.9 Å². The molecule has 342 valence electrons. The molecule has 0 aromatic heterocycles. The normalized spacial score (nSPS) is 17.8. The summed E-state index contributed by atoms with van der Waals surface area (Å²) in [6.07, 6.45) is 3.75. The van der Waals surface area contributed by atoms with Crippen LogP contribution in [0, 0.1) is 5.92 Å². The first kappa shape index (κ1) is 49.5. The van der Waals surface area contributed by atoms with Gasteiger partial charge in [0.2, 0.25) is 0 Å². The van der Waals surface area contributed by atoms with Gasteiger partial charge >= 0.3 is 24.0 Å². The highest BCUT2D eigenvalue weighted by atomic mass is 35.5. The quantitative estimate of drug-likeness (QED) is 0.0827. The van der Waals surface area contributed by atoms with Gasteiger partial charge in [0.05, 0.1) is 31.5 Å². The zero-order valence-electron chi connectivity index (χ0n) is 36.6. The molecule has 64 heavy (non-hydrogen) atoms. The summed E-state index contributed by atoms with van der Waals surface area (Å²) in [6.45, 7) is 5.80. The van der Waals surface area contributed by atoms with Crippen LogP contribution in [-0.4, -0.2) is 90.6 Å². The second-order valence-corrected chi connectivity index (χ2v) is 17.0. The standard InChI is InChI=1S/C26H32ClN3O4.C23H28ClN3O3/c1-2-18-7-9-19(10-8-18)13-25(32)34-17-22-11-20(12-23(31)14-28)16-30(22)26(33)29-15-21-5-3-4-6-24(21)27;1-2-16-7-9-17(10-8-16)11-22(28)30-15-20-12-19(25)14-27(20)23(29)26-13-18-5-3-4-6-21(18)24/h3-10,20,22H,2,11-17,28H2,1H3,(H,29,33);3-10,19-20H,2,11-15,25H2,1H3,(H,26,29)/t20-,22-;19-,20+/m01/s1. The summed E-state index contributed by atoms with van der Waals surface area (Å²) in [4.78, 5) is 65.4. The van der Waals surface area contributed by atoms with Crippen LogP contribution in [0.15, 0.2) is 97.1 Å². The number of carbonyl (C=O) groups excluding carboxylic acids is 5. The number of ether oxygens (including phenoxy) is 2. The minimum atomic E-state index is -0.345. The van der Waals surface area contributed by atoms with E-state index in [-0.39, 0.29) is 93.0 Å². The Hall–Kier alpha value is -5.47. The lowest BCUT2D eigenvalue weighted by Gasteiger charge is -2.25. The smallest absolute Gasteiger partial charge is 0.318 e. The number of rotatable bonds is 17. The molecule has 6 rings (SSSR count). The molecular formula is C49H60Cl2N6O7. The van der Waals surface area contributed by atoms with Gasteiger partial charge in [-0.3, -0.25) is 14.4 Å². The Kier molecular flexibility index (Phi) is 19.5. The molecule has 6 N–H and O–H groups in total. The monoisotopic (exact) mass is 914 g/mol. The Morgan fingerprint density at radius 1 is 0.625 bits per heavy atom. The van der Waals surface area contributed by atoms with Crippen LogP contribution in [0.3, 0.4) is 0 Å². The van der Waals surface area contributed by atoms with Crippen molar-refractivity contribution in [1.29, 1.82) is 0 Å². The van der Waals surface area contributed by atoms with Gasteiger partial charge in [0.15, 0.2) is 0 Å². The van der Waals surface area contributed by atoms with E-state index in [1.165, 1.54) is 11.1 Å². The van der Waals surface area contributed by atoms with Crippen molar-refractivity contribution in [2.45, 2.75) is 90.0 Å². The number of nitrogens with one attached hydrogen (secondary N) is 2. The van der Waals surface area contributed by atoms with E-state index in [0.717, 1.165) is 35.1 Å². The molecule has 0 saturated carbocycles. The molecule has 0 bridgehead atoms. The Bertz CT molecular complexity index is 2170. The number of esters is 2. The van der Waals surface area contributed by atoms with Gasteiger partial charge in [-0.25, -0.2) is 9.59 Å². The molecule has 2 heterocycles. The number of ketones is 1. The Morgan fingerprint density at radius 3 is 1.48 bits per heavy atom. The highest BCUT2D eigenvalue weighted by molar-refractivity contribution is 6.31. The summed E-state index contributed by atoms with van der Waals surface area (Å²) < 4.78 is 11.0. The Morgan fingerprint density at radius 2 is 1.05 bits per heavy atom. The predicted molar refractivity (Wildman–Crippen MR) is 249 cm³/mol. The summed E-state index contributed by atoms with van der Waals surface area (Å²) in [5.74, 6) is -0.722. The summed E-state index contributed by atoms with van der Waals surface area (Å²) in [5.41, 5.74) is 17.4. The number of likely N-dealkylation sites (tertiary alicyclic amines) is 2. The van der Waals surface area contributed by atoms with Crippen molar-refractivity contribution >= 4 is 53.0 Å². The number of urea groups is 2. The van der Waals surface area contributed by atoms with Crippen molar-refractivity contribution in [2.24, 2.45) is 17.4 Å². The Balaban J connectivity index is 0.000000243. The first-order valence-electron chi connectivity index (χ1n) is 21.9. The average Bonchev–Trinajstić information content (AvgIpc) is 3.89. The van der Waals surface area contributed by atoms with Crippen molar-refractivity contribution in [3.63, 3.8) is 0 Å². The van der Waals surface area contributed by atoms with Crippen molar-refractivity contribution < 1.29 is 33.4 Å². The van der Waals surface area contributed by atoms with E-state index in [1.807, 2.05) is 84.9 Å². The first-order chi connectivity index (χ1) is 30.8. The third-order valence-electron chi connectivity index (χ3n) is 11.4. The van der Waals surface area contributed by atoms with Crippen molar-refractivity contribution in [2.75, 3.05) is 32.8 Å². The van der Waals surface area contributed by atoms with Gasteiger partial charge in [-0.05, 0) is 77.1 Å². The zero-order chi connectivity index (χ0) is 46.0. The van der Waals surface area contributed by atoms with Gasteiger partial charge in [-0.1, -0.05) is 122 Å². The van der Waals surface area contributed by atoms with Crippen LogP contribution >= 0.6 is 23.2 Å². The molecule has 4 aromatic carbocycles. The van der Waals surface area contributed by atoms with Crippen LogP contribution in [-0.2, 0) is 62.6 Å². The van der Waals surface area contributed by atoms with Crippen molar-refractivity contribution in [1.82, 2.24) is 20.4 Å². The zero-order valence-corrected chi connectivity index (χ0v) is 38.1. The van der Waals surface area contributed by atoms with E-state index >= 15 is 0 Å². The first-order valence-corrected chi connectivity index (χ1v) is 22.6. The number of carbonyl (C=O) groups is 5. The Labute approximate surface area is 386 Å². The topological polar surface area (TPSA) is 186 Å². The van der Waals surface area contributed by atoms with Crippen LogP contribution in [0.2, 0.25) is 10.0 Å². The van der Waals surface area contributed by atoms with Gasteiger partial charge in [0.25, 0.3) is 0 Å². The summed E-state index contributed by atoms with van der Waals surface area (Å²) in [6, 6.07) is 29.3.